The number of benzene rings is 2. The van der Waals surface area contributed by atoms with Crippen molar-refractivity contribution in [3.8, 4) is 0 Å². The van der Waals surface area contributed by atoms with Gasteiger partial charge >= 0.3 is 12.1 Å². The number of carbonyl (C=O) groups excluding carboxylic acids is 2. The molecule has 176 valence electrons. The van der Waals surface area contributed by atoms with E-state index in [0.717, 1.165) is 55.5 Å². The van der Waals surface area contributed by atoms with Crippen LogP contribution in [0.4, 0.5) is 13.2 Å². The van der Waals surface area contributed by atoms with Crippen LogP contribution in [0.3, 0.4) is 0 Å². The maximum Gasteiger partial charge on any atom is 0.416 e. The fourth-order valence-corrected chi connectivity index (χ4v) is 4.48. The molecule has 1 aliphatic heterocycles. The van der Waals surface area contributed by atoms with Crippen LogP contribution >= 0.6 is 0 Å². The summed E-state index contributed by atoms with van der Waals surface area (Å²) < 4.78 is 43.3. The van der Waals surface area contributed by atoms with Gasteiger partial charge in [0.15, 0.2) is 0 Å². The highest BCUT2D eigenvalue weighted by Gasteiger charge is 2.47. The predicted octanol–water partition coefficient (Wildman–Crippen LogP) is 4.65. The molecular formula is C25H27F3N2O3. The van der Waals surface area contributed by atoms with Crippen molar-refractivity contribution in [2.75, 3.05) is 13.7 Å². The van der Waals surface area contributed by atoms with Crippen LogP contribution in [0, 0.1) is 0 Å². The van der Waals surface area contributed by atoms with Crippen molar-refractivity contribution in [1.29, 1.82) is 0 Å². The zero-order valence-corrected chi connectivity index (χ0v) is 18.5. The van der Waals surface area contributed by atoms with Crippen LogP contribution < -0.4 is 5.32 Å². The van der Waals surface area contributed by atoms with E-state index in [-0.39, 0.29) is 11.9 Å². The summed E-state index contributed by atoms with van der Waals surface area (Å²) in [5, 5.41) is 3.22. The number of nitrogens with zero attached hydrogens (tertiary/aromatic N) is 1. The topological polar surface area (TPSA) is 58.6 Å². The van der Waals surface area contributed by atoms with E-state index < -0.39 is 23.2 Å². The summed E-state index contributed by atoms with van der Waals surface area (Å²) >= 11 is 0. The largest absolute Gasteiger partial charge is 0.465 e. The Balaban J connectivity index is 1.43. The Kier molecular flexibility index (Phi) is 6.47. The van der Waals surface area contributed by atoms with Gasteiger partial charge in [0, 0.05) is 6.54 Å². The molecule has 2 aliphatic rings. The molecule has 4 rings (SSSR count). The second-order valence-corrected chi connectivity index (χ2v) is 8.82. The average molecular weight is 460 g/mol. The molecule has 2 aromatic rings. The number of alkyl halides is 3. The molecule has 1 N–H and O–H groups in total. The number of methoxy groups -OCH3 is 1. The van der Waals surface area contributed by atoms with Crippen LogP contribution in [0.1, 0.15) is 59.2 Å². The molecule has 2 aromatic carbocycles. The quantitative estimate of drug-likeness (QED) is 0.638. The van der Waals surface area contributed by atoms with Crippen molar-refractivity contribution in [1.82, 2.24) is 10.2 Å². The lowest BCUT2D eigenvalue weighted by atomic mass is 9.98. The minimum absolute atomic E-state index is 0.0591. The standard InChI is InChI=1S/C25H27F3N2O3/c1-33-23(32)18-7-11-19(12-8-18)24(13-14-24)29-22(31)21-4-2-3-15-30(21)16-17-5-9-20(10-6-17)25(26,27)28/h5-12,21H,2-4,13-16H2,1H3,(H,29,31). The molecule has 1 amide bonds. The molecule has 1 unspecified atom stereocenters. The molecule has 8 heteroatoms. The zero-order valence-electron chi connectivity index (χ0n) is 18.5. The molecular weight excluding hydrogens is 433 g/mol. The maximum absolute atomic E-state index is 13.3. The van der Waals surface area contributed by atoms with Crippen molar-refractivity contribution in [3.63, 3.8) is 0 Å². The molecule has 0 radical (unpaired) electrons. The van der Waals surface area contributed by atoms with E-state index in [1.54, 1.807) is 12.1 Å². The van der Waals surface area contributed by atoms with Crippen LogP contribution in [0.2, 0.25) is 0 Å². The van der Waals surface area contributed by atoms with Gasteiger partial charge in [-0.25, -0.2) is 4.79 Å². The Morgan fingerprint density at radius 2 is 1.73 bits per heavy atom. The number of hydrogen-bond acceptors (Lipinski definition) is 4. The Labute approximate surface area is 190 Å². The van der Waals surface area contributed by atoms with Gasteiger partial charge in [0.1, 0.15) is 0 Å². The maximum atomic E-state index is 13.3. The second-order valence-electron chi connectivity index (χ2n) is 8.82. The van der Waals surface area contributed by atoms with E-state index in [1.165, 1.54) is 19.2 Å². The number of esters is 1. The van der Waals surface area contributed by atoms with E-state index in [1.807, 2.05) is 12.1 Å². The van der Waals surface area contributed by atoms with Gasteiger partial charge in [-0.1, -0.05) is 30.7 Å². The molecule has 33 heavy (non-hydrogen) atoms. The van der Waals surface area contributed by atoms with Gasteiger partial charge in [-0.3, -0.25) is 9.69 Å². The third-order valence-corrected chi connectivity index (χ3v) is 6.55. The third-order valence-electron chi connectivity index (χ3n) is 6.55. The summed E-state index contributed by atoms with van der Waals surface area (Å²) in [7, 11) is 1.33. The molecule has 1 heterocycles. The van der Waals surface area contributed by atoms with Gasteiger partial charge in [0.05, 0.1) is 29.8 Å². The average Bonchev–Trinajstić information content (AvgIpc) is 3.59. The van der Waals surface area contributed by atoms with Crippen LogP contribution in [-0.4, -0.2) is 36.5 Å². The highest BCUT2D eigenvalue weighted by Crippen LogP contribution is 2.46. The number of carbonyl (C=O) groups is 2. The number of rotatable bonds is 6. The summed E-state index contributed by atoms with van der Waals surface area (Å²) in [6.45, 7) is 1.15. The van der Waals surface area contributed by atoms with Crippen molar-refractivity contribution in [2.24, 2.45) is 0 Å². The first-order valence-corrected chi connectivity index (χ1v) is 11.1. The van der Waals surface area contributed by atoms with Gasteiger partial charge in [0.25, 0.3) is 0 Å². The fourth-order valence-electron chi connectivity index (χ4n) is 4.48. The number of halogens is 3. The van der Waals surface area contributed by atoms with Crippen LogP contribution in [0.25, 0.3) is 0 Å². The molecule has 2 fully saturated rings. The number of ether oxygens (including phenoxy) is 1. The van der Waals surface area contributed by atoms with Crippen LogP contribution in [0.15, 0.2) is 48.5 Å². The summed E-state index contributed by atoms with van der Waals surface area (Å²) in [5.74, 6) is -0.465. The van der Waals surface area contributed by atoms with E-state index in [4.69, 9.17) is 4.74 Å². The van der Waals surface area contributed by atoms with E-state index >= 15 is 0 Å². The first-order valence-electron chi connectivity index (χ1n) is 11.1. The normalized spacial score (nSPS) is 20.2. The lowest BCUT2D eigenvalue weighted by Gasteiger charge is -2.36. The third kappa shape index (κ3) is 5.21. The summed E-state index contributed by atoms with van der Waals surface area (Å²) in [6, 6.07) is 11.9. The van der Waals surface area contributed by atoms with Crippen LogP contribution in [-0.2, 0) is 27.8 Å². The van der Waals surface area contributed by atoms with Crippen molar-refractivity contribution >= 4 is 11.9 Å². The van der Waals surface area contributed by atoms with Gasteiger partial charge in [-0.15, -0.1) is 0 Å². The monoisotopic (exact) mass is 460 g/mol. The number of piperidine rings is 1. The minimum atomic E-state index is -4.36. The Morgan fingerprint density at radius 3 is 2.30 bits per heavy atom. The van der Waals surface area contributed by atoms with Crippen molar-refractivity contribution in [2.45, 2.75) is 56.4 Å². The Hall–Kier alpha value is -2.87. The van der Waals surface area contributed by atoms with Gasteiger partial charge < -0.3 is 10.1 Å². The molecule has 1 saturated heterocycles. The van der Waals surface area contributed by atoms with E-state index in [2.05, 4.69) is 10.2 Å². The lowest BCUT2D eigenvalue weighted by molar-refractivity contribution is -0.137. The first kappa shape index (κ1) is 23.3. The molecule has 0 bridgehead atoms. The highest BCUT2D eigenvalue weighted by molar-refractivity contribution is 5.89. The number of nitrogens with one attached hydrogen (secondary N) is 1. The molecule has 0 aromatic heterocycles. The van der Waals surface area contributed by atoms with Gasteiger partial charge in [-0.2, -0.15) is 13.2 Å². The summed E-state index contributed by atoms with van der Waals surface area (Å²) in [6.07, 6.45) is -0.125. The highest BCUT2D eigenvalue weighted by atomic mass is 19.4. The van der Waals surface area contributed by atoms with Crippen molar-refractivity contribution in [3.05, 3.63) is 70.8 Å². The first-order chi connectivity index (χ1) is 15.7. The Morgan fingerprint density at radius 1 is 1.06 bits per heavy atom. The van der Waals surface area contributed by atoms with E-state index in [0.29, 0.717) is 18.5 Å². The molecule has 0 spiro atoms. The smallest absolute Gasteiger partial charge is 0.416 e. The SMILES string of the molecule is COC(=O)c1ccc(C2(NC(=O)C3CCCCN3Cc3ccc(C(F)(F)F)cc3)CC2)cc1. The number of amides is 1. The van der Waals surface area contributed by atoms with Crippen LogP contribution in [0.5, 0.6) is 0 Å². The molecule has 1 atom stereocenters. The molecule has 1 saturated carbocycles. The fraction of sp³-hybridized carbons (Fsp3) is 0.440. The zero-order chi connectivity index (χ0) is 23.6. The van der Waals surface area contributed by atoms with Gasteiger partial charge in [0.2, 0.25) is 5.91 Å². The van der Waals surface area contributed by atoms with Gasteiger partial charge in [-0.05, 0) is 67.6 Å². The lowest BCUT2D eigenvalue weighted by Crippen LogP contribution is -2.51. The number of likely N-dealkylation sites (tertiary alicyclic amines) is 1. The van der Waals surface area contributed by atoms with Crippen molar-refractivity contribution < 1.29 is 27.5 Å². The summed E-state index contributed by atoms with van der Waals surface area (Å²) in [5.41, 5.74) is 1.06. The molecule has 1 aliphatic carbocycles. The molecule has 5 nitrogen and oxygen atoms in total. The predicted molar refractivity (Wildman–Crippen MR) is 116 cm³/mol. The summed E-state index contributed by atoms with van der Waals surface area (Å²) in [4.78, 5) is 27.0. The second kappa shape index (κ2) is 9.17. The number of hydrogen-bond donors (Lipinski definition) is 1. The van der Waals surface area contributed by atoms with E-state index in [9.17, 15) is 22.8 Å². The Bertz CT molecular complexity index is 999. The minimum Gasteiger partial charge on any atom is -0.465 e.